The van der Waals surface area contributed by atoms with E-state index in [0.717, 1.165) is 31.2 Å². The van der Waals surface area contributed by atoms with Gasteiger partial charge in [-0.25, -0.2) is 14.6 Å². The summed E-state index contributed by atoms with van der Waals surface area (Å²) in [7, 11) is 0. The Morgan fingerprint density at radius 3 is 3.04 bits per heavy atom. The van der Waals surface area contributed by atoms with Gasteiger partial charge in [-0.1, -0.05) is 6.07 Å². The smallest absolute Gasteiger partial charge is 0.407 e. The largest absolute Gasteiger partial charge is 0.445 e. The molecule has 0 aromatic heterocycles. The molecule has 2 fully saturated rings. The molecule has 1 aliphatic carbocycles. The van der Waals surface area contributed by atoms with Crippen molar-refractivity contribution in [1.29, 1.82) is 0 Å². The molecule has 136 valence electrons. The lowest BCUT2D eigenvalue weighted by molar-refractivity contribution is 0.00716. The van der Waals surface area contributed by atoms with Gasteiger partial charge in [0, 0.05) is 24.8 Å². The van der Waals surface area contributed by atoms with E-state index in [-0.39, 0.29) is 24.6 Å². The van der Waals surface area contributed by atoms with E-state index in [4.69, 9.17) is 9.47 Å². The third-order valence-electron chi connectivity index (χ3n) is 5.44. The Kier molecular flexibility index (Phi) is 4.87. The fourth-order valence-electron chi connectivity index (χ4n) is 4.10. The molecule has 4 atom stereocenters. The number of fused-ring (bicyclic) bond motifs is 4. The number of hydrogen-bond acceptors (Lipinski definition) is 5. The van der Waals surface area contributed by atoms with E-state index in [2.05, 4.69) is 16.2 Å². The fraction of sp³-hybridized carbons (Fsp3) is 0.611. The third-order valence-corrected chi connectivity index (χ3v) is 5.44. The molecular weight excluding hydrogens is 325 g/mol. The summed E-state index contributed by atoms with van der Waals surface area (Å²) in [5, 5.41) is 2.68. The first-order valence-corrected chi connectivity index (χ1v) is 9.02. The molecule has 2 heterocycles. The molecule has 1 aromatic carbocycles. The van der Waals surface area contributed by atoms with Gasteiger partial charge in [-0.05, 0) is 49.3 Å². The minimum atomic E-state index is -0.529. The minimum absolute atomic E-state index is 0.0706. The first-order chi connectivity index (χ1) is 12.2. The van der Waals surface area contributed by atoms with Gasteiger partial charge in [0.1, 0.15) is 12.4 Å². The molecule has 1 aromatic rings. The second-order valence-electron chi connectivity index (χ2n) is 7.05. The monoisotopic (exact) mass is 349 g/mol. The Morgan fingerprint density at radius 1 is 1.20 bits per heavy atom. The van der Waals surface area contributed by atoms with Crippen molar-refractivity contribution in [2.45, 2.75) is 50.5 Å². The maximum absolute atomic E-state index is 14.1. The van der Waals surface area contributed by atoms with Gasteiger partial charge in [-0.2, -0.15) is 0 Å². The van der Waals surface area contributed by atoms with Crippen LogP contribution in [-0.4, -0.2) is 31.4 Å². The number of alkyl carbamates (subject to hydrolysis) is 1. The molecule has 1 amide bonds. The minimum Gasteiger partial charge on any atom is -0.445 e. The van der Waals surface area contributed by atoms with Gasteiger partial charge < -0.3 is 14.8 Å². The average Bonchev–Trinajstić information content (AvgIpc) is 3.03. The van der Waals surface area contributed by atoms with Crippen molar-refractivity contribution in [1.82, 2.24) is 16.2 Å². The average molecular weight is 349 g/mol. The summed E-state index contributed by atoms with van der Waals surface area (Å²) in [6.07, 6.45) is 3.52. The number of hydrazine groups is 1. The first-order valence-electron chi connectivity index (χ1n) is 9.02. The predicted molar refractivity (Wildman–Crippen MR) is 89.1 cm³/mol. The van der Waals surface area contributed by atoms with E-state index in [9.17, 15) is 9.18 Å². The molecule has 0 spiro atoms. The van der Waals surface area contributed by atoms with Crippen molar-refractivity contribution in [3.63, 3.8) is 0 Å². The molecule has 4 rings (SSSR count). The summed E-state index contributed by atoms with van der Waals surface area (Å²) < 4.78 is 25.2. The number of ether oxygens (including phenoxy) is 2. The molecule has 4 unspecified atom stereocenters. The normalized spacial score (nSPS) is 32.9. The predicted octanol–water partition coefficient (Wildman–Crippen LogP) is 2.16. The quantitative estimate of drug-likeness (QED) is 0.670. The van der Waals surface area contributed by atoms with Crippen LogP contribution in [0, 0.1) is 11.7 Å². The fourth-order valence-corrected chi connectivity index (χ4v) is 4.10. The van der Waals surface area contributed by atoms with E-state index >= 15 is 0 Å². The summed E-state index contributed by atoms with van der Waals surface area (Å²) in [6.45, 7) is 1.04. The van der Waals surface area contributed by atoms with E-state index in [1.807, 2.05) is 6.07 Å². The highest BCUT2D eigenvalue weighted by Gasteiger charge is 2.41. The van der Waals surface area contributed by atoms with Crippen molar-refractivity contribution in [2.75, 3.05) is 13.2 Å². The molecule has 3 N–H and O–H groups in total. The number of nitrogens with one attached hydrogen (secondary N) is 3. The summed E-state index contributed by atoms with van der Waals surface area (Å²) in [4.78, 5) is 11.7. The molecule has 25 heavy (non-hydrogen) atoms. The second-order valence-corrected chi connectivity index (χ2v) is 7.05. The van der Waals surface area contributed by atoms with E-state index in [1.165, 1.54) is 6.07 Å². The van der Waals surface area contributed by atoms with E-state index in [1.54, 1.807) is 6.07 Å². The molecule has 6 nitrogen and oxygen atoms in total. The molecular formula is C18H24FN3O3. The zero-order valence-electron chi connectivity index (χ0n) is 14.1. The van der Waals surface area contributed by atoms with Gasteiger partial charge in [-0.3, -0.25) is 5.43 Å². The van der Waals surface area contributed by atoms with Crippen molar-refractivity contribution in [3.05, 3.63) is 35.1 Å². The zero-order chi connectivity index (χ0) is 17.2. The number of halogens is 1. The Balaban J connectivity index is 1.60. The van der Waals surface area contributed by atoms with Crippen LogP contribution in [0.3, 0.4) is 0 Å². The van der Waals surface area contributed by atoms with Gasteiger partial charge in [-0.15, -0.1) is 0 Å². The van der Waals surface area contributed by atoms with Crippen molar-refractivity contribution < 1.29 is 18.7 Å². The topological polar surface area (TPSA) is 71.6 Å². The van der Waals surface area contributed by atoms with Crippen molar-refractivity contribution in [3.8, 4) is 0 Å². The molecule has 1 saturated heterocycles. The maximum atomic E-state index is 14.1. The van der Waals surface area contributed by atoms with Crippen molar-refractivity contribution in [2.24, 2.45) is 5.92 Å². The Morgan fingerprint density at radius 2 is 2.12 bits per heavy atom. The van der Waals surface area contributed by atoms with Crippen LogP contribution < -0.4 is 16.2 Å². The van der Waals surface area contributed by atoms with Crippen LogP contribution in [0.1, 0.15) is 42.9 Å². The number of hydrogen-bond donors (Lipinski definition) is 3. The molecule has 3 aliphatic rings. The van der Waals surface area contributed by atoms with Crippen LogP contribution >= 0.6 is 0 Å². The van der Waals surface area contributed by atoms with Crippen molar-refractivity contribution >= 4 is 6.09 Å². The van der Waals surface area contributed by atoms with Crippen LogP contribution in [0.4, 0.5) is 9.18 Å². The molecule has 1 saturated carbocycles. The van der Waals surface area contributed by atoms with Crippen LogP contribution in [-0.2, 0) is 16.1 Å². The number of rotatable bonds is 0. The molecule has 4 bridgehead atoms. The Labute approximate surface area is 146 Å². The van der Waals surface area contributed by atoms with Crippen LogP contribution in [0.5, 0.6) is 0 Å². The highest BCUT2D eigenvalue weighted by atomic mass is 19.1. The number of carbonyl (C=O) groups is 1. The lowest BCUT2D eigenvalue weighted by Crippen LogP contribution is -2.37. The SMILES string of the molecule is O=C1NCCCOC2CCC3NNC(c4ccc(F)c(c4)CO1)C3C2. The van der Waals surface area contributed by atoms with E-state index in [0.29, 0.717) is 30.7 Å². The van der Waals surface area contributed by atoms with Gasteiger partial charge in [0.25, 0.3) is 0 Å². The maximum Gasteiger partial charge on any atom is 0.407 e. The third kappa shape index (κ3) is 3.63. The lowest BCUT2D eigenvalue weighted by atomic mass is 9.78. The summed E-state index contributed by atoms with van der Waals surface area (Å²) in [5.74, 6) is 0.0519. The zero-order valence-corrected chi connectivity index (χ0v) is 14.1. The first kappa shape index (κ1) is 16.8. The van der Waals surface area contributed by atoms with Gasteiger partial charge in [0.2, 0.25) is 0 Å². The standard InChI is InChI=1S/C18H24FN3O3/c19-15-4-2-11-8-12(15)10-25-18(23)20-6-1-7-24-13-3-5-16-14(9-13)17(11)22-21-16/h2,4,8,13-14,16-17,21-22H,1,3,5-7,9-10H2,(H,20,23). The highest BCUT2D eigenvalue weighted by molar-refractivity contribution is 5.67. The van der Waals surface area contributed by atoms with Gasteiger partial charge in [0.05, 0.1) is 12.1 Å². The number of benzene rings is 1. The Hall–Kier alpha value is -1.70. The Bertz CT molecular complexity index is 642. The summed E-state index contributed by atoms with van der Waals surface area (Å²) in [6, 6.07) is 5.58. The molecule has 2 aliphatic heterocycles. The summed E-state index contributed by atoms with van der Waals surface area (Å²) >= 11 is 0. The second kappa shape index (κ2) is 7.27. The number of cyclic esters (lactones) is 1. The van der Waals surface area contributed by atoms with Gasteiger partial charge >= 0.3 is 6.09 Å². The molecule has 7 heteroatoms. The van der Waals surface area contributed by atoms with Crippen LogP contribution in [0.2, 0.25) is 0 Å². The highest BCUT2D eigenvalue weighted by Crippen LogP contribution is 2.39. The van der Waals surface area contributed by atoms with E-state index < -0.39 is 6.09 Å². The van der Waals surface area contributed by atoms with Crippen LogP contribution in [0.15, 0.2) is 18.2 Å². The van der Waals surface area contributed by atoms with Gasteiger partial charge in [0.15, 0.2) is 0 Å². The van der Waals surface area contributed by atoms with Crippen LogP contribution in [0.25, 0.3) is 0 Å². The number of amides is 1. The summed E-state index contributed by atoms with van der Waals surface area (Å²) in [5.41, 5.74) is 8.16. The molecule has 0 radical (unpaired) electrons. The lowest BCUT2D eigenvalue weighted by Gasteiger charge is -2.33. The number of carbonyl (C=O) groups excluding carboxylic acids is 1.